The van der Waals surface area contributed by atoms with Crippen LogP contribution in [0.5, 0.6) is 0 Å². The zero-order valence-corrected chi connectivity index (χ0v) is 19.6. The lowest BCUT2D eigenvalue weighted by molar-refractivity contribution is -0.127. The van der Waals surface area contributed by atoms with Crippen molar-refractivity contribution in [2.45, 2.75) is 63.8 Å². The average Bonchev–Trinajstić information content (AvgIpc) is 2.84. The monoisotopic (exact) mass is 445 g/mol. The van der Waals surface area contributed by atoms with Gasteiger partial charge in [0.05, 0.1) is 5.92 Å². The lowest BCUT2D eigenvalue weighted by atomic mass is 9.76. The Morgan fingerprint density at radius 1 is 1.03 bits per heavy atom. The highest BCUT2D eigenvalue weighted by molar-refractivity contribution is 5.91. The van der Waals surface area contributed by atoms with Crippen molar-refractivity contribution in [1.82, 2.24) is 15.2 Å². The van der Waals surface area contributed by atoms with Crippen molar-refractivity contribution in [3.05, 3.63) is 71.6 Å². The van der Waals surface area contributed by atoms with Gasteiger partial charge in [-0.3, -0.25) is 14.6 Å². The van der Waals surface area contributed by atoms with E-state index in [1.165, 1.54) is 19.3 Å². The number of benzene rings is 1. The lowest BCUT2D eigenvalue weighted by Gasteiger charge is -2.34. The van der Waals surface area contributed by atoms with Crippen molar-refractivity contribution < 1.29 is 9.59 Å². The van der Waals surface area contributed by atoms with E-state index in [4.69, 9.17) is 0 Å². The van der Waals surface area contributed by atoms with Crippen molar-refractivity contribution in [2.75, 3.05) is 13.1 Å². The molecule has 1 unspecified atom stereocenters. The van der Waals surface area contributed by atoms with Crippen LogP contribution in [-0.4, -0.2) is 40.8 Å². The van der Waals surface area contributed by atoms with Gasteiger partial charge in [-0.25, -0.2) is 0 Å². The first kappa shape index (κ1) is 23.2. The van der Waals surface area contributed by atoms with Crippen LogP contribution in [0.15, 0.2) is 54.9 Å². The first-order valence-electron chi connectivity index (χ1n) is 12.3. The zero-order chi connectivity index (χ0) is 23.0. The molecule has 2 amide bonds. The van der Waals surface area contributed by atoms with Crippen LogP contribution in [0.1, 0.15) is 67.6 Å². The van der Waals surface area contributed by atoms with Gasteiger partial charge in [-0.2, -0.15) is 0 Å². The van der Waals surface area contributed by atoms with E-state index in [9.17, 15) is 9.59 Å². The Hall–Kier alpha value is -2.95. The molecule has 1 saturated carbocycles. The summed E-state index contributed by atoms with van der Waals surface area (Å²) in [6, 6.07) is 12.4. The van der Waals surface area contributed by atoms with Gasteiger partial charge in [0, 0.05) is 37.6 Å². The van der Waals surface area contributed by atoms with Gasteiger partial charge >= 0.3 is 0 Å². The summed E-state index contributed by atoms with van der Waals surface area (Å²) in [6.07, 6.45) is 14.6. The summed E-state index contributed by atoms with van der Waals surface area (Å²) in [5.41, 5.74) is 3.13. The summed E-state index contributed by atoms with van der Waals surface area (Å²) in [7, 11) is 0. The van der Waals surface area contributed by atoms with Gasteiger partial charge in [0.2, 0.25) is 11.8 Å². The Balaban J connectivity index is 1.32. The van der Waals surface area contributed by atoms with Gasteiger partial charge in [-0.15, -0.1) is 0 Å². The Labute approximate surface area is 197 Å². The number of nitrogens with one attached hydrogen (secondary N) is 1. The van der Waals surface area contributed by atoms with Gasteiger partial charge in [-0.1, -0.05) is 49.6 Å². The molecular formula is C28H35N3O2. The molecule has 1 aromatic carbocycles. The number of hydrogen-bond acceptors (Lipinski definition) is 3. The van der Waals surface area contributed by atoms with E-state index in [1.54, 1.807) is 18.5 Å². The summed E-state index contributed by atoms with van der Waals surface area (Å²) in [5.74, 6) is 0.525. The van der Waals surface area contributed by atoms with E-state index in [0.717, 1.165) is 42.4 Å². The molecule has 5 nitrogen and oxygen atoms in total. The molecule has 2 heterocycles. The highest BCUT2D eigenvalue weighted by Crippen LogP contribution is 2.36. The fourth-order valence-electron chi connectivity index (χ4n) is 5.24. The van der Waals surface area contributed by atoms with E-state index >= 15 is 0 Å². The van der Waals surface area contributed by atoms with Crippen LogP contribution in [0.2, 0.25) is 0 Å². The highest BCUT2D eigenvalue weighted by Gasteiger charge is 2.32. The Morgan fingerprint density at radius 2 is 1.76 bits per heavy atom. The molecule has 1 aromatic heterocycles. The second kappa shape index (κ2) is 11.3. The smallest absolute Gasteiger partial charge is 0.246 e. The summed E-state index contributed by atoms with van der Waals surface area (Å²) in [4.78, 5) is 32.1. The number of hydrogen-bond donors (Lipinski definition) is 1. The quantitative estimate of drug-likeness (QED) is 0.645. The van der Waals surface area contributed by atoms with Gasteiger partial charge in [0.25, 0.3) is 0 Å². The molecule has 4 rings (SSSR count). The summed E-state index contributed by atoms with van der Waals surface area (Å²) in [5, 5.41) is 3.34. The fraction of sp³-hybridized carbons (Fsp3) is 0.464. The molecule has 1 aliphatic heterocycles. The summed E-state index contributed by atoms with van der Waals surface area (Å²) < 4.78 is 0. The molecule has 2 aliphatic rings. The molecule has 33 heavy (non-hydrogen) atoms. The van der Waals surface area contributed by atoms with Crippen LogP contribution in [0, 0.1) is 12.8 Å². The minimum Gasteiger partial charge on any atom is -0.353 e. The number of nitrogens with zero attached hydrogens (tertiary/aromatic N) is 2. The van der Waals surface area contributed by atoms with Crippen molar-refractivity contribution in [1.29, 1.82) is 0 Å². The molecule has 1 aliphatic carbocycles. The molecule has 1 saturated heterocycles. The predicted molar refractivity (Wildman–Crippen MR) is 132 cm³/mol. The van der Waals surface area contributed by atoms with E-state index in [1.807, 2.05) is 42.2 Å². The van der Waals surface area contributed by atoms with Crippen LogP contribution in [0.25, 0.3) is 6.08 Å². The number of amides is 2. The van der Waals surface area contributed by atoms with Crippen LogP contribution >= 0.6 is 0 Å². The molecule has 1 N–H and O–H groups in total. The number of carbonyl (C=O) groups is 2. The summed E-state index contributed by atoms with van der Waals surface area (Å²) in [6.45, 7) is 3.32. The predicted octanol–water partition coefficient (Wildman–Crippen LogP) is 4.87. The maximum absolute atomic E-state index is 13.4. The standard InChI is InChI=1S/C28H35N3O2/c1-21-18-22(20-29-19-21)12-13-26(32)31-16-14-25(15-17-31)30-28(33)27(23-8-4-2-5-9-23)24-10-6-3-7-11-24/h2,4-5,8-9,12-13,18-20,24-25,27H,3,6-7,10-11,14-17H2,1H3,(H,30,33)/b13-12+. The molecule has 0 radical (unpaired) electrons. The van der Waals surface area contributed by atoms with Crippen LogP contribution in [0.3, 0.4) is 0 Å². The average molecular weight is 446 g/mol. The first-order chi connectivity index (χ1) is 16.1. The molecule has 174 valence electrons. The van der Waals surface area contributed by atoms with Crippen molar-refractivity contribution in [3.8, 4) is 0 Å². The molecule has 0 spiro atoms. The van der Waals surface area contributed by atoms with Gasteiger partial charge in [0.15, 0.2) is 0 Å². The number of aromatic nitrogens is 1. The van der Waals surface area contributed by atoms with Gasteiger partial charge in [0.1, 0.15) is 0 Å². The fourth-order valence-corrected chi connectivity index (χ4v) is 5.24. The number of carbonyl (C=O) groups excluding carboxylic acids is 2. The number of rotatable bonds is 6. The van der Waals surface area contributed by atoms with Crippen LogP contribution < -0.4 is 5.32 Å². The third-order valence-corrected chi connectivity index (χ3v) is 7.03. The number of pyridine rings is 1. The molecule has 2 fully saturated rings. The first-order valence-corrected chi connectivity index (χ1v) is 12.3. The second-order valence-electron chi connectivity index (χ2n) is 9.52. The maximum atomic E-state index is 13.4. The largest absolute Gasteiger partial charge is 0.353 e. The summed E-state index contributed by atoms with van der Waals surface area (Å²) >= 11 is 0. The minimum atomic E-state index is -0.0722. The Morgan fingerprint density at radius 3 is 2.45 bits per heavy atom. The van der Waals surface area contributed by atoms with E-state index in [2.05, 4.69) is 22.4 Å². The normalized spacial score (nSPS) is 18.9. The van der Waals surface area contributed by atoms with E-state index in [0.29, 0.717) is 19.0 Å². The number of piperidine rings is 1. The number of likely N-dealkylation sites (tertiary alicyclic amines) is 1. The topological polar surface area (TPSA) is 62.3 Å². The molecular weight excluding hydrogens is 410 g/mol. The lowest BCUT2D eigenvalue weighted by Crippen LogP contribution is -2.48. The molecule has 5 heteroatoms. The van der Waals surface area contributed by atoms with Gasteiger partial charge < -0.3 is 10.2 Å². The van der Waals surface area contributed by atoms with Crippen molar-refractivity contribution in [3.63, 3.8) is 0 Å². The molecule has 2 aromatic rings. The SMILES string of the molecule is Cc1cncc(/C=C/C(=O)N2CCC(NC(=O)C(c3ccccc3)C3CCCCC3)CC2)c1. The van der Waals surface area contributed by atoms with Crippen LogP contribution in [0.4, 0.5) is 0 Å². The van der Waals surface area contributed by atoms with E-state index in [-0.39, 0.29) is 23.8 Å². The number of aryl methyl sites for hydroxylation is 1. The van der Waals surface area contributed by atoms with Crippen LogP contribution in [-0.2, 0) is 9.59 Å². The van der Waals surface area contributed by atoms with Crippen molar-refractivity contribution >= 4 is 17.9 Å². The van der Waals surface area contributed by atoms with E-state index < -0.39 is 0 Å². The third kappa shape index (κ3) is 6.31. The maximum Gasteiger partial charge on any atom is 0.246 e. The van der Waals surface area contributed by atoms with Gasteiger partial charge in [-0.05, 0) is 67.4 Å². The third-order valence-electron chi connectivity index (χ3n) is 7.03. The Bertz CT molecular complexity index is 958. The Kier molecular flexibility index (Phi) is 7.92. The van der Waals surface area contributed by atoms with Crippen molar-refractivity contribution in [2.24, 2.45) is 5.92 Å². The molecule has 0 bridgehead atoms. The highest BCUT2D eigenvalue weighted by atomic mass is 16.2. The zero-order valence-electron chi connectivity index (χ0n) is 19.6. The second-order valence-corrected chi connectivity index (χ2v) is 9.52. The molecule has 1 atom stereocenters. The minimum absolute atomic E-state index is 0.0191.